The lowest BCUT2D eigenvalue weighted by Gasteiger charge is -2.24. The van der Waals surface area contributed by atoms with Crippen LogP contribution in [0.5, 0.6) is 0 Å². The van der Waals surface area contributed by atoms with E-state index in [1.807, 2.05) is 45.0 Å². The molecule has 0 radical (unpaired) electrons. The molecule has 7 nitrogen and oxygen atoms in total. The van der Waals surface area contributed by atoms with E-state index in [-0.39, 0.29) is 5.91 Å². The van der Waals surface area contributed by atoms with Crippen LogP contribution in [0.2, 0.25) is 0 Å². The molecular weight excluding hydrogens is 376 g/mol. The maximum absolute atomic E-state index is 12.3. The third kappa shape index (κ3) is 4.64. The van der Waals surface area contributed by atoms with Gasteiger partial charge in [-0.2, -0.15) is 0 Å². The highest BCUT2D eigenvalue weighted by atomic mass is 32.1. The molecule has 1 aromatic carbocycles. The molecule has 0 bridgehead atoms. The van der Waals surface area contributed by atoms with E-state index >= 15 is 0 Å². The summed E-state index contributed by atoms with van der Waals surface area (Å²) in [6, 6.07) is 7.71. The number of nitrogens with one attached hydrogen (secondary N) is 1. The van der Waals surface area contributed by atoms with Gasteiger partial charge in [-0.15, -0.1) is 0 Å². The Bertz CT molecular complexity index is 1040. The van der Waals surface area contributed by atoms with Crippen LogP contribution in [-0.4, -0.2) is 34.6 Å². The fourth-order valence-electron chi connectivity index (χ4n) is 2.51. The number of ether oxygens (including phenoxy) is 1. The molecular formula is C20H22N4O3S. The molecule has 0 atom stereocenters. The first kappa shape index (κ1) is 19.8. The molecule has 8 heteroatoms. The molecule has 2 amide bonds. The second kappa shape index (κ2) is 7.55. The normalized spacial score (nSPS) is 11.3. The quantitative estimate of drug-likeness (QED) is 0.692. The van der Waals surface area contributed by atoms with Gasteiger partial charge in [0.2, 0.25) is 5.91 Å². The summed E-state index contributed by atoms with van der Waals surface area (Å²) < 4.78 is 6.36. The van der Waals surface area contributed by atoms with Crippen molar-refractivity contribution >= 4 is 44.4 Å². The number of hydrogen-bond acceptors (Lipinski definition) is 6. The van der Waals surface area contributed by atoms with Crippen molar-refractivity contribution in [3.63, 3.8) is 0 Å². The number of benzene rings is 1. The molecule has 2 aromatic heterocycles. The number of thiazole rings is 1. The summed E-state index contributed by atoms with van der Waals surface area (Å²) in [6.07, 6.45) is 2.92. The minimum Gasteiger partial charge on any atom is -0.443 e. The third-order valence-electron chi connectivity index (χ3n) is 3.78. The first-order chi connectivity index (χ1) is 13.1. The summed E-state index contributed by atoms with van der Waals surface area (Å²) in [5.41, 5.74) is 2.68. The van der Waals surface area contributed by atoms with E-state index in [1.165, 1.54) is 23.2 Å². The Morgan fingerprint density at radius 1 is 1.14 bits per heavy atom. The minimum absolute atomic E-state index is 0.152. The standard InChI is InChI=1S/C20H22N4O3S/c1-12(25)22-18-23-16-7-6-13(9-17(16)28-18)14-8-15(11-21-10-14)24(5)19(26)27-20(2,3)4/h6-11H,1-5H3,(H,22,23,25). The lowest BCUT2D eigenvalue weighted by molar-refractivity contribution is -0.114. The topological polar surface area (TPSA) is 84.4 Å². The summed E-state index contributed by atoms with van der Waals surface area (Å²) >= 11 is 1.41. The molecule has 0 saturated carbocycles. The molecule has 146 valence electrons. The van der Waals surface area contributed by atoms with Crippen LogP contribution in [0.1, 0.15) is 27.7 Å². The van der Waals surface area contributed by atoms with Crippen molar-refractivity contribution in [1.29, 1.82) is 0 Å². The maximum atomic E-state index is 12.3. The molecule has 0 fully saturated rings. The Balaban J connectivity index is 1.89. The zero-order valence-electron chi connectivity index (χ0n) is 16.4. The smallest absolute Gasteiger partial charge is 0.414 e. The minimum atomic E-state index is -0.570. The highest BCUT2D eigenvalue weighted by Crippen LogP contribution is 2.31. The van der Waals surface area contributed by atoms with Gasteiger partial charge in [-0.25, -0.2) is 9.78 Å². The molecule has 0 aliphatic carbocycles. The van der Waals surface area contributed by atoms with Gasteiger partial charge in [0.25, 0.3) is 0 Å². The lowest BCUT2D eigenvalue weighted by atomic mass is 10.1. The Hall–Kier alpha value is -3.00. The monoisotopic (exact) mass is 398 g/mol. The van der Waals surface area contributed by atoms with E-state index in [2.05, 4.69) is 15.3 Å². The van der Waals surface area contributed by atoms with Gasteiger partial charge in [0.05, 0.1) is 22.1 Å². The van der Waals surface area contributed by atoms with Crippen LogP contribution < -0.4 is 10.2 Å². The van der Waals surface area contributed by atoms with Crippen molar-refractivity contribution in [2.75, 3.05) is 17.3 Å². The summed E-state index contributed by atoms with van der Waals surface area (Å²) in [6.45, 7) is 6.93. The maximum Gasteiger partial charge on any atom is 0.414 e. The highest BCUT2D eigenvalue weighted by Gasteiger charge is 2.21. The molecule has 2 heterocycles. The van der Waals surface area contributed by atoms with Gasteiger partial charge in [-0.05, 0) is 44.5 Å². The van der Waals surface area contributed by atoms with E-state index in [1.54, 1.807) is 19.4 Å². The van der Waals surface area contributed by atoms with E-state index in [0.717, 1.165) is 21.3 Å². The van der Waals surface area contributed by atoms with Crippen molar-refractivity contribution in [2.45, 2.75) is 33.3 Å². The third-order valence-corrected chi connectivity index (χ3v) is 4.72. The van der Waals surface area contributed by atoms with Crippen molar-refractivity contribution in [3.8, 4) is 11.1 Å². The molecule has 0 spiro atoms. The molecule has 0 aliphatic rings. The van der Waals surface area contributed by atoms with E-state index < -0.39 is 11.7 Å². The second-order valence-electron chi connectivity index (χ2n) is 7.35. The second-order valence-corrected chi connectivity index (χ2v) is 8.38. The van der Waals surface area contributed by atoms with Crippen LogP contribution in [-0.2, 0) is 9.53 Å². The largest absolute Gasteiger partial charge is 0.443 e. The number of aromatic nitrogens is 2. The van der Waals surface area contributed by atoms with Gasteiger partial charge in [-0.1, -0.05) is 17.4 Å². The number of rotatable bonds is 3. The van der Waals surface area contributed by atoms with E-state index in [4.69, 9.17) is 4.74 Å². The van der Waals surface area contributed by atoms with Crippen molar-refractivity contribution in [3.05, 3.63) is 36.7 Å². The molecule has 28 heavy (non-hydrogen) atoms. The first-order valence-corrected chi connectivity index (χ1v) is 9.54. The molecule has 3 aromatic rings. The van der Waals surface area contributed by atoms with Crippen LogP contribution in [0.25, 0.3) is 21.3 Å². The van der Waals surface area contributed by atoms with Gasteiger partial charge in [0, 0.05) is 25.7 Å². The van der Waals surface area contributed by atoms with Gasteiger partial charge in [0.1, 0.15) is 5.60 Å². The molecule has 0 saturated heterocycles. The number of nitrogens with zero attached hydrogens (tertiary/aromatic N) is 3. The summed E-state index contributed by atoms with van der Waals surface area (Å²) in [4.78, 5) is 33.6. The van der Waals surface area contributed by atoms with E-state index in [9.17, 15) is 9.59 Å². The molecule has 0 unspecified atom stereocenters. The zero-order valence-corrected chi connectivity index (χ0v) is 17.3. The van der Waals surface area contributed by atoms with Gasteiger partial charge in [0.15, 0.2) is 5.13 Å². The Labute approximate surface area is 167 Å². The SMILES string of the molecule is CC(=O)Nc1nc2ccc(-c3cncc(N(C)C(=O)OC(C)(C)C)c3)cc2s1. The zero-order chi connectivity index (χ0) is 20.5. The van der Waals surface area contributed by atoms with Crippen LogP contribution >= 0.6 is 11.3 Å². The lowest BCUT2D eigenvalue weighted by Crippen LogP contribution is -2.34. The predicted molar refractivity (Wildman–Crippen MR) is 112 cm³/mol. The average molecular weight is 398 g/mol. The Morgan fingerprint density at radius 2 is 1.89 bits per heavy atom. The number of carbonyl (C=O) groups is 2. The van der Waals surface area contributed by atoms with Crippen LogP contribution in [0.3, 0.4) is 0 Å². The highest BCUT2D eigenvalue weighted by molar-refractivity contribution is 7.22. The van der Waals surface area contributed by atoms with Crippen LogP contribution in [0, 0.1) is 0 Å². The van der Waals surface area contributed by atoms with Gasteiger partial charge >= 0.3 is 6.09 Å². The average Bonchev–Trinajstić information content (AvgIpc) is 3.00. The predicted octanol–water partition coefficient (Wildman–Crippen LogP) is 4.69. The van der Waals surface area contributed by atoms with Crippen LogP contribution in [0.4, 0.5) is 15.6 Å². The number of amides is 2. The van der Waals surface area contributed by atoms with Crippen molar-refractivity contribution < 1.29 is 14.3 Å². The number of hydrogen-bond donors (Lipinski definition) is 1. The molecule has 0 aliphatic heterocycles. The summed E-state index contributed by atoms with van der Waals surface area (Å²) in [7, 11) is 1.65. The number of pyridine rings is 1. The number of carbonyl (C=O) groups excluding carboxylic acids is 2. The van der Waals surface area contributed by atoms with Crippen molar-refractivity contribution in [2.24, 2.45) is 0 Å². The fourth-order valence-corrected chi connectivity index (χ4v) is 3.46. The summed E-state index contributed by atoms with van der Waals surface area (Å²) in [5, 5.41) is 3.27. The molecule has 1 N–H and O–H groups in total. The summed E-state index contributed by atoms with van der Waals surface area (Å²) in [5.74, 6) is -0.152. The van der Waals surface area contributed by atoms with E-state index in [0.29, 0.717) is 10.8 Å². The first-order valence-electron chi connectivity index (χ1n) is 8.73. The number of anilines is 2. The number of fused-ring (bicyclic) bond motifs is 1. The van der Waals surface area contributed by atoms with Gasteiger partial charge in [-0.3, -0.25) is 14.7 Å². The molecule has 3 rings (SSSR count). The fraction of sp³-hybridized carbons (Fsp3) is 0.300. The Kier molecular flexibility index (Phi) is 5.33. The Morgan fingerprint density at radius 3 is 2.57 bits per heavy atom. The van der Waals surface area contributed by atoms with Crippen LogP contribution in [0.15, 0.2) is 36.7 Å². The van der Waals surface area contributed by atoms with Crippen molar-refractivity contribution in [1.82, 2.24) is 9.97 Å². The van der Waals surface area contributed by atoms with Gasteiger partial charge < -0.3 is 10.1 Å².